The van der Waals surface area contributed by atoms with Crippen molar-refractivity contribution in [3.63, 3.8) is 0 Å². The number of phenolic OH excluding ortho intramolecular Hbond substituents is 1. The van der Waals surface area contributed by atoms with Gasteiger partial charge in [-0.25, -0.2) is 9.97 Å². The van der Waals surface area contributed by atoms with Crippen molar-refractivity contribution in [1.29, 1.82) is 0 Å². The van der Waals surface area contributed by atoms with Gasteiger partial charge in [0.2, 0.25) is 0 Å². The van der Waals surface area contributed by atoms with E-state index in [4.69, 9.17) is 4.74 Å². The van der Waals surface area contributed by atoms with E-state index in [9.17, 15) is 5.11 Å². The average molecular weight is 245 g/mol. The zero-order valence-corrected chi connectivity index (χ0v) is 9.97. The lowest BCUT2D eigenvalue weighted by Gasteiger charge is -2.24. The molecule has 18 heavy (non-hydrogen) atoms. The van der Waals surface area contributed by atoms with E-state index in [1.807, 2.05) is 0 Å². The standard InChI is InChI=1S/C13H15N3O2/c17-9-5-12-11(7-15-8-16-12)13(6-9)18-10-1-3-14-4-2-10/h5-8,10,14,17H,1-4H2. The molecule has 2 N–H and O–H groups in total. The van der Waals surface area contributed by atoms with Crippen molar-refractivity contribution < 1.29 is 9.84 Å². The lowest BCUT2D eigenvalue weighted by Crippen LogP contribution is -2.34. The molecule has 1 fully saturated rings. The molecule has 2 aromatic rings. The van der Waals surface area contributed by atoms with E-state index in [0.29, 0.717) is 11.3 Å². The fourth-order valence-electron chi connectivity index (χ4n) is 2.23. The number of fused-ring (bicyclic) bond motifs is 1. The van der Waals surface area contributed by atoms with Gasteiger partial charge in [0.15, 0.2) is 0 Å². The van der Waals surface area contributed by atoms with Crippen molar-refractivity contribution in [2.45, 2.75) is 18.9 Å². The maximum Gasteiger partial charge on any atom is 0.134 e. The summed E-state index contributed by atoms with van der Waals surface area (Å²) in [6.45, 7) is 1.94. The third-order valence-electron chi connectivity index (χ3n) is 3.15. The van der Waals surface area contributed by atoms with E-state index in [1.54, 1.807) is 18.3 Å². The summed E-state index contributed by atoms with van der Waals surface area (Å²) >= 11 is 0. The monoisotopic (exact) mass is 245 g/mol. The van der Waals surface area contributed by atoms with Crippen LogP contribution in [0.25, 0.3) is 10.9 Å². The molecule has 0 saturated carbocycles. The summed E-state index contributed by atoms with van der Waals surface area (Å²) in [4.78, 5) is 8.14. The molecule has 94 valence electrons. The van der Waals surface area contributed by atoms with E-state index >= 15 is 0 Å². The second-order valence-corrected chi connectivity index (χ2v) is 4.47. The first kappa shape index (κ1) is 11.2. The summed E-state index contributed by atoms with van der Waals surface area (Å²) < 4.78 is 5.97. The van der Waals surface area contributed by atoms with Crippen molar-refractivity contribution >= 4 is 10.9 Å². The number of hydrogen-bond donors (Lipinski definition) is 2. The molecule has 0 atom stereocenters. The number of hydrogen-bond acceptors (Lipinski definition) is 5. The summed E-state index contributed by atoms with van der Waals surface area (Å²) in [5.41, 5.74) is 0.703. The second kappa shape index (κ2) is 4.78. The first-order chi connectivity index (χ1) is 8.83. The number of nitrogens with zero attached hydrogens (tertiary/aromatic N) is 2. The van der Waals surface area contributed by atoms with Gasteiger partial charge in [0.1, 0.15) is 23.9 Å². The van der Waals surface area contributed by atoms with Crippen LogP contribution in [0.2, 0.25) is 0 Å². The predicted octanol–water partition coefficient (Wildman–Crippen LogP) is 1.47. The average Bonchev–Trinajstić information content (AvgIpc) is 2.40. The van der Waals surface area contributed by atoms with Crippen molar-refractivity contribution in [1.82, 2.24) is 15.3 Å². The molecule has 0 radical (unpaired) electrons. The Morgan fingerprint density at radius 2 is 2.11 bits per heavy atom. The molecular weight excluding hydrogens is 230 g/mol. The lowest BCUT2D eigenvalue weighted by molar-refractivity contribution is 0.164. The number of aromatic nitrogens is 2. The maximum atomic E-state index is 9.69. The Morgan fingerprint density at radius 3 is 2.94 bits per heavy atom. The van der Waals surface area contributed by atoms with E-state index in [1.165, 1.54) is 6.33 Å². The summed E-state index contributed by atoms with van der Waals surface area (Å²) in [6.07, 6.45) is 5.33. The molecule has 2 heterocycles. The van der Waals surface area contributed by atoms with E-state index in [0.717, 1.165) is 31.3 Å². The van der Waals surface area contributed by atoms with E-state index < -0.39 is 0 Å². The number of aromatic hydroxyl groups is 1. The highest BCUT2D eigenvalue weighted by molar-refractivity contribution is 5.85. The zero-order chi connectivity index (χ0) is 12.4. The van der Waals surface area contributed by atoms with Crippen molar-refractivity contribution in [3.05, 3.63) is 24.7 Å². The van der Waals surface area contributed by atoms with Crippen LogP contribution >= 0.6 is 0 Å². The molecule has 5 heteroatoms. The third-order valence-corrected chi connectivity index (χ3v) is 3.15. The van der Waals surface area contributed by atoms with Gasteiger partial charge in [0.05, 0.1) is 10.9 Å². The highest BCUT2D eigenvalue weighted by Crippen LogP contribution is 2.30. The molecule has 1 aliphatic rings. The van der Waals surface area contributed by atoms with Crippen LogP contribution in [-0.4, -0.2) is 34.3 Å². The van der Waals surface area contributed by atoms with Gasteiger partial charge in [-0.1, -0.05) is 0 Å². The SMILES string of the molecule is Oc1cc(OC2CCNCC2)c2cncnc2c1. The van der Waals surface area contributed by atoms with E-state index in [-0.39, 0.29) is 11.9 Å². The minimum Gasteiger partial charge on any atom is -0.508 e. The van der Waals surface area contributed by atoms with Gasteiger partial charge in [-0.15, -0.1) is 0 Å². The van der Waals surface area contributed by atoms with E-state index in [2.05, 4.69) is 15.3 Å². The molecular formula is C13H15N3O2. The minimum absolute atomic E-state index is 0.171. The topological polar surface area (TPSA) is 67.3 Å². The Hall–Kier alpha value is -1.88. The number of rotatable bonds is 2. The van der Waals surface area contributed by atoms with Crippen molar-refractivity contribution in [2.75, 3.05) is 13.1 Å². The number of benzene rings is 1. The Bertz CT molecular complexity index is 553. The largest absolute Gasteiger partial charge is 0.508 e. The highest BCUT2D eigenvalue weighted by atomic mass is 16.5. The molecule has 1 aliphatic heterocycles. The normalized spacial score (nSPS) is 16.9. The zero-order valence-electron chi connectivity index (χ0n) is 9.97. The minimum atomic E-state index is 0.171. The van der Waals surface area contributed by atoms with Gasteiger partial charge < -0.3 is 15.2 Å². The van der Waals surface area contributed by atoms with Crippen molar-refractivity contribution in [2.24, 2.45) is 0 Å². The molecule has 0 amide bonds. The van der Waals surface area contributed by atoms with Crippen LogP contribution in [0, 0.1) is 0 Å². The third kappa shape index (κ3) is 2.22. The molecule has 0 unspecified atom stereocenters. The summed E-state index contributed by atoms with van der Waals surface area (Å²) in [5, 5.41) is 13.8. The molecule has 1 aromatic carbocycles. The van der Waals surface area contributed by atoms with Gasteiger partial charge in [-0.3, -0.25) is 0 Å². The number of phenols is 1. The van der Waals surface area contributed by atoms with Crippen LogP contribution in [0.5, 0.6) is 11.5 Å². The first-order valence-corrected chi connectivity index (χ1v) is 6.13. The van der Waals surface area contributed by atoms with Crippen LogP contribution in [0.3, 0.4) is 0 Å². The Morgan fingerprint density at radius 1 is 1.28 bits per heavy atom. The molecule has 0 spiro atoms. The lowest BCUT2D eigenvalue weighted by atomic mass is 10.1. The fraction of sp³-hybridized carbons (Fsp3) is 0.385. The second-order valence-electron chi connectivity index (χ2n) is 4.47. The molecule has 0 aliphatic carbocycles. The van der Waals surface area contributed by atoms with Crippen LogP contribution in [0.4, 0.5) is 0 Å². The Labute approximate surface area is 105 Å². The quantitative estimate of drug-likeness (QED) is 0.838. The highest BCUT2D eigenvalue weighted by Gasteiger charge is 2.16. The summed E-state index contributed by atoms with van der Waals surface area (Å²) in [5.74, 6) is 0.836. The fourth-order valence-corrected chi connectivity index (χ4v) is 2.23. The van der Waals surface area contributed by atoms with Gasteiger partial charge in [-0.2, -0.15) is 0 Å². The first-order valence-electron chi connectivity index (χ1n) is 6.13. The van der Waals surface area contributed by atoms with Crippen LogP contribution < -0.4 is 10.1 Å². The predicted molar refractivity (Wildman–Crippen MR) is 67.7 cm³/mol. The van der Waals surface area contributed by atoms with Gasteiger partial charge >= 0.3 is 0 Å². The molecule has 1 saturated heterocycles. The molecule has 1 aromatic heterocycles. The maximum absolute atomic E-state index is 9.69. The van der Waals surface area contributed by atoms with Crippen LogP contribution in [-0.2, 0) is 0 Å². The molecule has 0 bridgehead atoms. The molecule has 5 nitrogen and oxygen atoms in total. The summed E-state index contributed by atoms with van der Waals surface area (Å²) in [7, 11) is 0. The number of nitrogens with one attached hydrogen (secondary N) is 1. The van der Waals surface area contributed by atoms with Crippen molar-refractivity contribution in [3.8, 4) is 11.5 Å². The Kier molecular flexibility index (Phi) is 2.98. The van der Waals surface area contributed by atoms with Gasteiger partial charge in [-0.05, 0) is 25.9 Å². The summed E-state index contributed by atoms with van der Waals surface area (Å²) in [6, 6.07) is 3.25. The number of ether oxygens (including phenoxy) is 1. The van der Waals surface area contributed by atoms with Gasteiger partial charge in [0, 0.05) is 18.3 Å². The van der Waals surface area contributed by atoms with Gasteiger partial charge in [0.25, 0.3) is 0 Å². The Balaban J connectivity index is 1.94. The molecule has 3 rings (SSSR count). The smallest absolute Gasteiger partial charge is 0.134 e. The number of piperidine rings is 1. The van der Waals surface area contributed by atoms with Crippen LogP contribution in [0.15, 0.2) is 24.7 Å². The van der Waals surface area contributed by atoms with Crippen LogP contribution in [0.1, 0.15) is 12.8 Å².